The van der Waals surface area contributed by atoms with Crippen molar-refractivity contribution in [2.24, 2.45) is 0 Å². The number of imidazole rings is 1. The maximum Gasteiger partial charge on any atom is 0.123 e. The summed E-state index contributed by atoms with van der Waals surface area (Å²) >= 11 is 0. The molecule has 3 aromatic rings. The van der Waals surface area contributed by atoms with E-state index < -0.39 is 6.10 Å². The molecular weight excluding hydrogens is 388 g/mol. The smallest absolute Gasteiger partial charge is 0.123 e. The molecule has 164 valence electrons. The highest BCUT2D eigenvalue weighted by atomic mass is 16.5. The molecule has 1 aliphatic rings. The lowest BCUT2D eigenvalue weighted by atomic mass is 10.2. The third kappa shape index (κ3) is 6.40. The summed E-state index contributed by atoms with van der Waals surface area (Å²) in [6.07, 6.45) is 3.46. The lowest BCUT2D eigenvalue weighted by molar-refractivity contribution is 0.0439. The lowest BCUT2D eigenvalue weighted by Gasteiger charge is -2.35. The summed E-state index contributed by atoms with van der Waals surface area (Å²) in [5, 5.41) is 10.4. The van der Waals surface area contributed by atoms with Gasteiger partial charge in [-0.25, -0.2) is 4.98 Å². The number of benzene rings is 2. The molecule has 2 aromatic carbocycles. The molecule has 0 saturated carbocycles. The van der Waals surface area contributed by atoms with Crippen molar-refractivity contribution in [1.29, 1.82) is 0 Å². The van der Waals surface area contributed by atoms with Gasteiger partial charge in [-0.15, -0.1) is 0 Å². The lowest BCUT2D eigenvalue weighted by Crippen LogP contribution is -2.49. The van der Waals surface area contributed by atoms with E-state index in [1.54, 1.807) is 0 Å². The van der Waals surface area contributed by atoms with Crippen LogP contribution < -0.4 is 4.74 Å². The number of aliphatic hydroxyl groups is 1. The normalized spacial score (nSPS) is 16.3. The molecule has 1 fully saturated rings. The highest BCUT2D eigenvalue weighted by Crippen LogP contribution is 2.13. The first kappa shape index (κ1) is 21.6. The van der Waals surface area contributed by atoms with Crippen LogP contribution in [0.25, 0.3) is 0 Å². The minimum atomic E-state index is -0.488. The van der Waals surface area contributed by atoms with Crippen LogP contribution in [0.2, 0.25) is 0 Å². The number of piperazine rings is 1. The van der Waals surface area contributed by atoms with Crippen molar-refractivity contribution in [1.82, 2.24) is 19.4 Å². The summed E-state index contributed by atoms with van der Waals surface area (Å²) < 4.78 is 7.95. The van der Waals surface area contributed by atoms with Crippen molar-refractivity contribution in [3.05, 3.63) is 83.9 Å². The van der Waals surface area contributed by atoms with E-state index >= 15 is 0 Å². The van der Waals surface area contributed by atoms with Gasteiger partial charge < -0.3 is 14.4 Å². The minimum Gasteiger partial charge on any atom is -0.491 e. The Hall–Kier alpha value is -2.67. The third-order valence-electron chi connectivity index (χ3n) is 5.76. The van der Waals surface area contributed by atoms with Gasteiger partial charge in [-0.3, -0.25) is 9.80 Å². The van der Waals surface area contributed by atoms with Gasteiger partial charge in [-0.1, -0.05) is 48.0 Å². The van der Waals surface area contributed by atoms with E-state index in [1.807, 2.05) is 36.5 Å². The summed E-state index contributed by atoms with van der Waals surface area (Å²) in [5.41, 5.74) is 2.49. The summed E-state index contributed by atoms with van der Waals surface area (Å²) in [5.74, 6) is 1.91. The predicted molar refractivity (Wildman–Crippen MR) is 122 cm³/mol. The Morgan fingerprint density at radius 1 is 0.935 bits per heavy atom. The van der Waals surface area contributed by atoms with E-state index in [2.05, 4.69) is 56.7 Å². The van der Waals surface area contributed by atoms with Crippen LogP contribution in [0.5, 0.6) is 5.75 Å². The molecule has 31 heavy (non-hydrogen) atoms. The molecule has 0 aliphatic carbocycles. The summed E-state index contributed by atoms with van der Waals surface area (Å²) in [7, 11) is 0. The van der Waals surface area contributed by atoms with Crippen molar-refractivity contribution in [2.45, 2.75) is 26.1 Å². The van der Waals surface area contributed by atoms with Crippen LogP contribution >= 0.6 is 0 Å². The molecule has 0 radical (unpaired) electrons. The van der Waals surface area contributed by atoms with Gasteiger partial charge in [0, 0.05) is 51.7 Å². The molecule has 4 rings (SSSR count). The Bertz CT molecular complexity index is 918. The molecular formula is C25H32N4O2. The van der Waals surface area contributed by atoms with Crippen LogP contribution in [-0.2, 0) is 13.1 Å². The predicted octanol–water partition coefficient (Wildman–Crippen LogP) is 2.80. The highest BCUT2D eigenvalue weighted by molar-refractivity contribution is 5.26. The van der Waals surface area contributed by atoms with Crippen LogP contribution in [0.4, 0.5) is 0 Å². The first-order valence-corrected chi connectivity index (χ1v) is 11.0. The fraction of sp³-hybridized carbons (Fsp3) is 0.400. The fourth-order valence-corrected chi connectivity index (χ4v) is 3.92. The molecule has 0 amide bonds. The standard InChI is InChI=1S/C25H32N4O2/c1-21-7-9-24(10-8-21)31-20-23(30)18-27-13-15-28(16-14-27)19-25-26-11-12-29(25)17-22-5-3-2-4-6-22/h2-12,23,30H,13-20H2,1H3/t23-/m1/s1. The van der Waals surface area contributed by atoms with Crippen LogP contribution in [0.1, 0.15) is 17.0 Å². The molecule has 2 heterocycles. The number of aryl methyl sites for hydroxylation is 1. The maximum absolute atomic E-state index is 10.4. The SMILES string of the molecule is Cc1ccc(OC[C@H](O)CN2CCN(Cc3nccn3Cc3ccccc3)CC2)cc1. The Kier molecular flexibility index (Phi) is 7.35. The monoisotopic (exact) mass is 420 g/mol. The van der Waals surface area contributed by atoms with E-state index in [-0.39, 0.29) is 0 Å². The second kappa shape index (κ2) is 10.6. The van der Waals surface area contributed by atoms with Gasteiger partial charge in [-0.2, -0.15) is 0 Å². The van der Waals surface area contributed by atoms with Gasteiger partial charge in [0.25, 0.3) is 0 Å². The molecule has 1 N–H and O–H groups in total. The number of aliphatic hydroxyl groups excluding tert-OH is 1. The Morgan fingerprint density at radius 3 is 2.39 bits per heavy atom. The van der Waals surface area contributed by atoms with Gasteiger partial charge in [-0.05, 0) is 24.6 Å². The molecule has 1 aromatic heterocycles. The number of aromatic nitrogens is 2. The van der Waals surface area contributed by atoms with Gasteiger partial charge in [0.2, 0.25) is 0 Å². The number of hydrogen-bond acceptors (Lipinski definition) is 5. The molecule has 6 nitrogen and oxygen atoms in total. The largest absolute Gasteiger partial charge is 0.491 e. The van der Waals surface area contributed by atoms with Crippen LogP contribution in [-0.4, -0.2) is 69.9 Å². The van der Waals surface area contributed by atoms with Crippen molar-refractivity contribution in [2.75, 3.05) is 39.3 Å². The van der Waals surface area contributed by atoms with E-state index in [0.29, 0.717) is 13.2 Å². The van der Waals surface area contributed by atoms with Crippen molar-refractivity contribution in [3.8, 4) is 5.75 Å². The Labute approximate surface area is 184 Å². The fourth-order valence-electron chi connectivity index (χ4n) is 3.92. The molecule has 0 unspecified atom stereocenters. The van der Waals surface area contributed by atoms with E-state index in [9.17, 15) is 5.11 Å². The summed E-state index contributed by atoms with van der Waals surface area (Å²) in [4.78, 5) is 9.34. The van der Waals surface area contributed by atoms with Crippen molar-refractivity contribution in [3.63, 3.8) is 0 Å². The zero-order valence-corrected chi connectivity index (χ0v) is 18.2. The Morgan fingerprint density at radius 2 is 1.65 bits per heavy atom. The minimum absolute atomic E-state index is 0.320. The molecule has 0 bridgehead atoms. The second-order valence-corrected chi connectivity index (χ2v) is 8.31. The molecule has 0 spiro atoms. The highest BCUT2D eigenvalue weighted by Gasteiger charge is 2.20. The van der Waals surface area contributed by atoms with Crippen LogP contribution in [0.3, 0.4) is 0 Å². The maximum atomic E-state index is 10.4. The van der Waals surface area contributed by atoms with Gasteiger partial charge in [0.05, 0.1) is 6.54 Å². The molecule has 1 aliphatic heterocycles. The van der Waals surface area contributed by atoms with Crippen molar-refractivity contribution < 1.29 is 9.84 Å². The summed E-state index contributed by atoms with van der Waals surface area (Å²) in [6.45, 7) is 8.56. The van der Waals surface area contributed by atoms with Gasteiger partial charge >= 0.3 is 0 Å². The third-order valence-corrected chi connectivity index (χ3v) is 5.76. The quantitative estimate of drug-likeness (QED) is 0.577. The Balaban J connectivity index is 1.20. The van der Waals surface area contributed by atoms with Crippen LogP contribution in [0.15, 0.2) is 67.0 Å². The first-order valence-electron chi connectivity index (χ1n) is 11.0. The first-order chi connectivity index (χ1) is 15.2. The average Bonchev–Trinajstić information content (AvgIpc) is 3.22. The van der Waals surface area contributed by atoms with Crippen LogP contribution in [0, 0.1) is 6.92 Å². The van der Waals surface area contributed by atoms with Crippen molar-refractivity contribution >= 4 is 0 Å². The van der Waals surface area contributed by atoms with E-state index in [4.69, 9.17) is 4.74 Å². The molecule has 6 heteroatoms. The number of nitrogens with zero attached hydrogens (tertiary/aromatic N) is 4. The zero-order chi connectivity index (χ0) is 21.5. The number of β-amino-alcohol motifs (C(OH)–C–C–N with tert-alkyl or cyclic N) is 1. The number of hydrogen-bond donors (Lipinski definition) is 1. The average molecular weight is 421 g/mol. The van der Waals surface area contributed by atoms with E-state index in [0.717, 1.165) is 50.8 Å². The van der Waals surface area contributed by atoms with E-state index in [1.165, 1.54) is 11.1 Å². The number of rotatable bonds is 9. The van der Waals surface area contributed by atoms with Gasteiger partial charge in [0.1, 0.15) is 24.3 Å². The molecule has 1 atom stereocenters. The second-order valence-electron chi connectivity index (χ2n) is 8.31. The zero-order valence-electron chi connectivity index (χ0n) is 18.2. The summed E-state index contributed by atoms with van der Waals surface area (Å²) in [6, 6.07) is 18.4. The van der Waals surface area contributed by atoms with Gasteiger partial charge in [0.15, 0.2) is 0 Å². The topological polar surface area (TPSA) is 53.8 Å². The molecule has 1 saturated heterocycles. The number of ether oxygens (including phenoxy) is 1.